The smallest absolute Gasteiger partial charge is 0.0300 e. The van der Waals surface area contributed by atoms with E-state index in [-0.39, 0.29) is 0 Å². The summed E-state index contributed by atoms with van der Waals surface area (Å²) in [6.07, 6.45) is 5.18. The molecule has 1 heteroatoms. The van der Waals surface area contributed by atoms with E-state index < -0.39 is 0 Å². The first-order valence-electron chi connectivity index (χ1n) is 9.60. The highest BCUT2D eigenvalue weighted by Crippen LogP contribution is 2.34. The molecular weight excluding hydrogens is 302 g/mol. The molecule has 1 aliphatic rings. The first-order chi connectivity index (χ1) is 12.3. The van der Waals surface area contributed by atoms with Gasteiger partial charge in [0.2, 0.25) is 0 Å². The van der Waals surface area contributed by atoms with Crippen LogP contribution in [0, 0.1) is 0 Å². The molecule has 3 atom stereocenters. The van der Waals surface area contributed by atoms with Crippen LogP contribution < -0.4 is 5.32 Å². The minimum absolute atomic E-state index is 0.380. The summed E-state index contributed by atoms with van der Waals surface area (Å²) in [5, 5.41) is 6.64. The predicted octanol–water partition coefficient (Wildman–Crippen LogP) is 6.22. The summed E-state index contributed by atoms with van der Waals surface area (Å²) in [7, 11) is 0. The fourth-order valence-corrected chi connectivity index (χ4v) is 4.44. The van der Waals surface area contributed by atoms with E-state index in [9.17, 15) is 0 Å². The van der Waals surface area contributed by atoms with E-state index in [1.54, 1.807) is 0 Å². The van der Waals surface area contributed by atoms with Crippen LogP contribution in [0.2, 0.25) is 0 Å². The number of rotatable bonds is 4. The normalized spacial score (nSPS) is 22.0. The molecule has 0 amide bonds. The molecule has 1 saturated carbocycles. The van der Waals surface area contributed by atoms with Crippen molar-refractivity contribution in [3.05, 3.63) is 83.9 Å². The Bertz CT molecular complexity index is 818. The topological polar surface area (TPSA) is 12.0 Å². The van der Waals surface area contributed by atoms with Crippen molar-refractivity contribution in [2.24, 2.45) is 0 Å². The van der Waals surface area contributed by atoms with Crippen LogP contribution in [0.3, 0.4) is 0 Å². The fourth-order valence-electron chi connectivity index (χ4n) is 4.44. The Balaban J connectivity index is 1.49. The third kappa shape index (κ3) is 3.62. The Morgan fingerprint density at radius 3 is 2.48 bits per heavy atom. The van der Waals surface area contributed by atoms with Crippen molar-refractivity contribution in [1.29, 1.82) is 0 Å². The molecule has 0 spiro atoms. The van der Waals surface area contributed by atoms with Gasteiger partial charge in [-0.3, -0.25) is 0 Å². The molecule has 25 heavy (non-hydrogen) atoms. The molecule has 0 aliphatic heterocycles. The van der Waals surface area contributed by atoms with Gasteiger partial charge in [0, 0.05) is 12.1 Å². The lowest BCUT2D eigenvalue weighted by Gasteiger charge is -2.32. The van der Waals surface area contributed by atoms with Crippen molar-refractivity contribution >= 4 is 10.8 Å². The highest BCUT2D eigenvalue weighted by atomic mass is 14.9. The number of hydrogen-bond donors (Lipinski definition) is 1. The summed E-state index contributed by atoms with van der Waals surface area (Å²) in [6, 6.07) is 27.4. The van der Waals surface area contributed by atoms with E-state index in [1.807, 2.05) is 0 Å². The second-order valence-electron chi connectivity index (χ2n) is 7.43. The largest absolute Gasteiger partial charge is 0.307 e. The zero-order valence-electron chi connectivity index (χ0n) is 15.0. The standard InChI is InChI=1S/C24H27N/c1-18(23-16-8-12-20-11-5-6-15-24(20)23)25-22-14-7-13-21(17-22)19-9-3-2-4-10-19/h2-6,8-12,15-16,18,21-22,25H,7,13-14,17H2,1H3/t18?,21-,22?/m0/s1. The first-order valence-corrected chi connectivity index (χ1v) is 9.60. The Morgan fingerprint density at radius 2 is 1.60 bits per heavy atom. The SMILES string of the molecule is CC(NC1CCC[C@H](c2ccccc2)C1)c1cccc2ccccc12. The number of fused-ring (bicyclic) bond motifs is 1. The minimum Gasteiger partial charge on any atom is -0.307 e. The van der Waals surface area contributed by atoms with Crippen molar-refractivity contribution in [2.75, 3.05) is 0 Å². The summed E-state index contributed by atoms with van der Waals surface area (Å²) in [5.41, 5.74) is 2.92. The molecule has 1 aliphatic carbocycles. The summed E-state index contributed by atoms with van der Waals surface area (Å²) in [6.45, 7) is 2.31. The van der Waals surface area contributed by atoms with Crippen LogP contribution in [0.5, 0.6) is 0 Å². The number of nitrogens with one attached hydrogen (secondary N) is 1. The number of hydrogen-bond acceptors (Lipinski definition) is 1. The first kappa shape index (κ1) is 16.4. The van der Waals surface area contributed by atoms with Crippen LogP contribution in [0.25, 0.3) is 10.8 Å². The maximum absolute atomic E-state index is 3.93. The van der Waals surface area contributed by atoms with Gasteiger partial charge >= 0.3 is 0 Å². The van der Waals surface area contributed by atoms with Gasteiger partial charge in [-0.2, -0.15) is 0 Å². The molecule has 0 radical (unpaired) electrons. The summed E-state index contributed by atoms with van der Waals surface area (Å²) in [5.74, 6) is 0.701. The molecule has 0 aromatic heterocycles. The second-order valence-corrected chi connectivity index (χ2v) is 7.43. The Kier molecular flexibility index (Phi) is 4.85. The molecule has 1 fully saturated rings. The van der Waals surface area contributed by atoms with Gasteiger partial charge in [-0.25, -0.2) is 0 Å². The van der Waals surface area contributed by atoms with E-state index in [2.05, 4.69) is 85.0 Å². The zero-order chi connectivity index (χ0) is 17.1. The maximum Gasteiger partial charge on any atom is 0.0300 e. The Morgan fingerprint density at radius 1 is 0.840 bits per heavy atom. The fraction of sp³-hybridized carbons (Fsp3) is 0.333. The van der Waals surface area contributed by atoms with E-state index in [0.29, 0.717) is 18.0 Å². The van der Waals surface area contributed by atoms with Gasteiger partial charge in [-0.1, -0.05) is 79.2 Å². The van der Waals surface area contributed by atoms with Gasteiger partial charge in [0.15, 0.2) is 0 Å². The molecule has 0 bridgehead atoms. The average Bonchev–Trinajstić information content (AvgIpc) is 2.68. The summed E-state index contributed by atoms with van der Waals surface area (Å²) < 4.78 is 0. The molecule has 4 rings (SSSR count). The van der Waals surface area contributed by atoms with Crippen LogP contribution in [-0.2, 0) is 0 Å². The third-order valence-electron chi connectivity index (χ3n) is 5.72. The van der Waals surface area contributed by atoms with Crippen LogP contribution in [0.1, 0.15) is 55.7 Å². The second kappa shape index (κ2) is 7.41. The lowest BCUT2D eigenvalue weighted by molar-refractivity contribution is 0.319. The predicted molar refractivity (Wildman–Crippen MR) is 107 cm³/mol. The monoisotopic (exact) mass is 329 g/mol. The summed E-state index contributed by atoms with van der Waals surface area (Å²) in [4.78, 5) is 0. The Labute approximate surface area is 151 Å². The molecular formula is C24H27N. The van der Waals surface area contributed by atoms with E-state index >= 15 is 0 Å². The van der Waals surface area contributed by atoms with Crippen LogP contribution >= 0.6 is 0 Å². The van der Waals surface area contributed by atoms with Crippen LogP contribution in [0.4, 0.5) is 0 Å². The van der Waals surface area contributed by atoms with E-state index in [4.69, 9.17) is 0 Å². The molecule has 0 heterocycles. The Hall–Kier alpha value is -2.12. The summed E-state index contributed by atoms with van der Waals surface area (Å²) >= 11 is 0. The molecule has 128 valence electrons. The molecule has 1 nitrogen and oxygen atoms in total. The van der Waals surface area contributed by atoms with Crippen molar-refractivity contribution < 1.29 is 0 Å². The molecule has 3 aromatic carbocycles. The van der Waals surface area contributed by atoms with E-state index in [1.165, 1.54) is 47.6 Å². The lowest BCUT2D eigenvalue weighted by Crippen LogP contribution is -2.35. The molecule has 3 aromatic rings. The van der Waals surface area contributed by atoms with Crippen molar-refractivity contribution in [1.82, 2.24) is 5.32 Å². The van der Waals surface area contributed by atoms with Gasteiger partial charge in [-0.05, 0) is 54.0 Å². The van der Waals surface area contributed by atoms with Crippen LogP contribution in [0.15, 0.2) is 72.8 Å². The highest BCUT2D eigenvalue weighted by Gasteiger charge is 2.24. The lowest BCUT2D eigenvalue weighted by atomic mass is 9.81. The van der Waals surface area contributed by atoms with Gasteiger partial charge in [0.05, 0.1) is 0 Å². The van der Waals surface area contributed by atoms with Gasteiger partial charge in [0.1, 0.15) is 0 Å². The van der Waals surface area contributed by atoms with Crippen molar-refractivity contribution in [3.63, 3.8) is 0 Å². The van der Waals surface area contributed by atoms with Crippen LogP contribution in [-0.4, -0.2) is 6.04 Å². The zero-order valence-corrected chi connectivity index (χ0v) is 15.0. The van der Waals surface area contributed by atoms with Gasteiger partial charge in [0.25, 0.3) is 0 Å². The van der Waals surface area contributed by atoms with Gasteiger partial charge < -0.3 is 5.32 Å². The average molecular weight is 329 g/mol. The third-order valence-corrected chi connectivity index (χ3v) is 5.72. The van der Waals surface area contributed by atoms with E-state index in [0.717, 1.165) is 0 Å². The molecule has 2 unspecified atom stereocenters. The number of benzene rings is 3. The maximum atomic E-state index is 3.93. The van der Waals surface area contributed by atoms with Gasteiger partial charge in [-0.15, -0.1) is 0 Å². The quantitative estimate of drug-likeness (QED) is 0.599. The van der Waals surface area contributed by atoms with Crippen molar-refractivity contribution in [2.45, 2.75) is 50.6 Å². The van der Waals surface area contributed by atoms with Crippen molar-refractivity contribution in [3.8, 4) is 0 Å². The molecule has 0 saturated heterocycles. The highest BCUT2D eigenvalue weighted by molar-refractivity contribution is 5.86. The molecule has 1 N–H and O–H groups in total. The minimum atomic E-state index is 0.380.